The number of carboxylic acids is 1. The Balaban J connectivity index is 3.12. The Labute approximate surface area is 95.1 Å². The van der Waals surface area contributed by atoms with Crippen molar-refractivity contribution in [2.24, 2.45) is 0 Å². The molecule has 1 aromatic carbocycles. The number of hydrogen-bond donors (Lipinski definition) is 1. The van der Waals surface area contributed by atoms with Crippen LogP contribution >= 0.6 is 0 Å². The van der Waals surface area contributed by atoms with Crippen molar-refractivity contribution in [3.05, 3.63) is 35.9 Å². The van der Waals surface area contributed by atoms with E-state index in [-0.39, 0.29) is 6.42 Å². The molecule has 2 nitrogen and oxygen atoms in total. The van der Waals surface area contributed by atoms with E-state index >= 15 is 0 Å². The summed E-state index contributed by atoms with van der Waals surface area (Å²) in [6.07, 6.45) is -0.466. The van der Waals surface area contributed by atoms with E-state index < -0.39 is 17.6 Å². The Morgan fingerprint density at radius 1 is 1.44 bits per heavy atom. The van der Waals surface area contributed by atoms with Crippen LogP contribution in [0.25, 0.3) is 0 Å². The van der Waals surface area contributed by atoms with Gasteiger partial charge in [-0.25, -0.2) is 4.39 Å². The third-order valence-electron chi connectivity index (χ3n) is 2.99. The zero-order valence-corrected chi connectivity index (χ0v) is 9.61. The van der Waals surface area contributed by atoms with Crippen LogP contribution in [0, 0.1) is 0 Å². The van der Waals surface area contributed by atoms with Crippen LogP contribution in [-0.4, -0.2) is 17.2 Å². The summed E-state index contributed by atoms with van der Waals surface area (Å²) in [6.45, 7) is 3.30. The van der Waals surface area contributed by atoms with Crippen LogP contribution in [0.4, 0.5) is 4.39 Å². The van der Waals surface area contributed by atoms with Gasteiger partial charge in [-0.15, -0.1) is 0 Å². The predicted molar refractivity (Wildman–Crippen MR) is 61.2 cm³/mol. The average Bonchev–Trinajstić information content (AvgIpc) is 2.29. The predicted octanol–water partition coefficient (Wildman–Crippen LogP) is 3.17. The smallest absolute Gasteiger partial charge is 0.316 e. The summed E-state index contributed by atoms with van der Waals surface area (Å²) >= 11 is 0. The number of carbonyl (C=O) groups is 1. The van der Waals surface area contributed by atoms with Gasteiger partial charge >= 0.3 is 5.97 Å². The Morgan fingerprint density at radius 2 is 2.00 bits per heavy atom. The fraction of sp³-hybridized carbons (Fsp3) is 0.462. The van der Waals surface area contributed by atoms with Gasteiger partial charge in [0, 0.05) is 0 Å². The molecule has 0 heterocycles. The van der Waals surface area contributed by atoms with Gasteiger partial charge in [0.1, 0.15) is 11.6 Å². The highest BCUT2D eigenvalue weighted by Gasteiger charge is 2.43. The van der Waals surface area contributed by atoms with Crippen LogP contribution in [-0.2, 0) is 10.2 Å². The first kappa shape index (κ1) is 12.7. The molecule has 0 radical (unpaired) electrons. The molecule has 1 N–H and O–H groups in total. The summed E-state index contributed by atoms with van der Waals surface area (Å²) in [7, 11) is 0. The zero-order chi connectivity index (χ0) is 12.2. The zero-order valence-electron chi connectivity index (χ0n) is 9.61. The second-order valence-electron chi connectivity index (χ2n) is 4.13. The normalized spacial score (nSPS) is 16.4. The molecule has 0 fully saturated rings. The minimum Gasteiger partial charge on any atom is -0.481 e. The lowest BCUT2D eigenvalue weighted by Crippen LogP contribution is -2.41. The second kappa shape index (κ2) is 5.10. The lowest BCUT2D eigenvalue weighted by molar-refractivity contribution is -0.146. The largest absolute Gasteiger partial charge is 0.481 e. The van der Waals surface area contributed by atoms with Gasteiger partial charge in [0.05, 0.1) is 0 Å². The molecule has 2 atom stereocenters. The Hall–Kier alpha value is -1.38. The molecule has 0 saturated carbocycles. The van der Waals surface area contributed by atoms with Crippen molar-refractivity contribution in [3.63, 3.8) is 0 Å². The first-order chi connectivity index (χ1) is 7.53. The van der Waals surface area contributed by atoms with Gasteiger partial charge in [-0.2, -0.15) is 0 Å². The maximum absolute atomic E-state index is 14.0. The number of aliphatic carboxylic acids is 1. The average molecular weight is 224 g/mol. The second-order valence-corrected chi connectivity index (χ2v) is 4.13. The third-order valence-corrected chi connectivity index (χ3v) is 2.99. The molecule has 0 aliphatic rings. The molecule has 0 aromatic heterocycles. The molecule has 0 amide bonds. The van der Waals surface area contributed by atoms with Crippen molar-refractivity contribution in [1.29, 1.82) is 0 Å². The molecule has 0 aliphatic heterocycles. The number of carboxylic acid groups (broad SMARTS) is 1. The van der Waals surface area contributed by atoms with Gasteiger partial charge in [-0.1, -0.05) is 43.7 Å². The van der Waals surface area contributed by atoms with E-state index in [1.807, 2.05) is 6.92 Å². The van der Waals surface area contributed by atoms with Crippen LogP contribution in [0.15, 0.2) is 30.3 Å². The molecule has 0 aliphatic carbocycles. The summed E-state index contributed by atoms with van der Waals surface area (Å²) in [5.41, 5.74) is -0.930. The fourth-order valence-corrected chi connectivity index (χ4v) is 1.76. The molecule has 3 heteroatoms. The van der Waals surface area contributed by atoms with Crippen LogP contribution in [0.3, 0.4) is 0 Å². The van der Waals surface area contributed by atoms with Crippen LogP contribution in [0.5, 0.6) is 0 Å². The summed E-state index contributed by atoms with van der Waals surface area (Å²) in [6, 6.07) is 8.58. The number of benzene rings is 1. The number of alkyl halides is 1. The van der Waals surface area contributed by atoms with Crippen molar-refractivity contribution in [3.8, 4) is 0 Å². The summed E-state index contributed by atoms with van der Waals surface area (Å²) in [4.78, 5) is 11.3. The lowest BCUT2D eigenvalue weighted by atomic mass is 9.77. The molecule has 0 spiro atoms. The standard InChI is InChI=1S/C13H17FO2/c1-3-7-11(14)13(2,12(15)16)10-8-5-4-6-9-10/h4-6,8-9,11H,3,7H2,1-2H3,(H,15,16). The van der Waals surface area contributed by atoms with Crippen LogP contribution in [0.1, 0.15) is 32.3 Å². The highest BCUT2D eigenvalue weighted by Crippen LogP contribution is 2.32. The quantitative estimate of drug-likeness (QED) is 0.834. The Morgan fingerprint density at radius 3 is 2.44 bits per heavy atom. The van der Waals surface area contributed by atoms with Gasteiger partial charge < -0.3 is 5.11 Å². The summed E-state index contributed by atoms with van der Waals surface area (Å²) in [5, 5.41) is 9.24. The number of hydrogen-bond acceptors (Lipinski definition) is 1. The van der Waals surface area contributed by atoms with Gasteiger partial charge in [-0.05, 0) is 18.9 Å². The Bertz CT molecular complexity index is 350. The molecule has 88 valence electrons. The van der Waals surface area contributed by atoms with Crippen molar-refractivity contribution in [2.45, 2.75) is 38.3 Å². The first-order valence-corrected chi connectivity index (χ1v) is 5.46. The monoisotopic (exact) mass is 224 g/mol. The SMILES string of the molecule is CCCC(F)C(C)(C(=O)O)c1ccccc1. The van der Waals surface area contributed by atoms with E-state index in [2.05, 4.69) is 0 Å². The van der Waals surface area contributed by atoms with E-state index in [4.69, 9.17) is 0 Å². The van der Waals surface area contributed by atoms with E-state index in [0.29, 0.717) is 12.0 Å². The van der Waals surface area contributed by atoms with Crippen LogP contribution < -0.4 is 0 Å². The topological polar surface area (TPSA) is 37.3 Å². The van der Waals surface area contributed by atoms with E-state index in [1.54, 1.807) is 30.3 Å². The highest BCUT2D eigenvalue weighted by molar-refractivity contribution is 5.81. The highest BCUT2D eigenvalue weighted by atomic mass is 19.1. The summed E-state index contributed by atoms with van der Waals surface area (Å²) < 4.78 is 14.0. The number of rotatable bonds is 5. The minimum absolute atomic E-state index is 0.262. The molecular formula is C13H17FO2. The Kier molecular flexibility index (Phi) is 4.05. The third kappa shape index (κ3) is 2.23. The van der Waals surface area contributed by atoms with Gasteiger partial charge in [-0.3, -0.25) is 4.79 Å². The van der Waals surface area contributed by atoms with E-state index in [0.717, 1.165) is 0 Å². The molecule has 16 heavy (non-hydrogen) atoms. The van der Waals surface area contributed by atoms with Crippen molar-refractivity contribution < 1.29 is 14.3 Å². The van der Waals surface area contributed by atoms with E-state index in [1.165, 1.54) is 6.92 Å². The maximum atomic E-state index is 14.0. The van der Waals surface area contributed by atoms with E-state index in [9.17, 15) is 14.3 Å². The molecule has 0 bridgehead atoms. The van der Waals surface area contributed by atoms with Crippen molar-refractivity contribution >= 4 is 5.97 Å². The van der Waals surface area contributed by atoms with Crippen molar-refractivity contribution in [1.82, 2.24) is 0 Å². The first-order valence-electron chi connectivity index (χ1n) is 5.46. The lowest BCUT2D eigenvalue weighted by Gasteiger charge is -2.29. The molecular weight excluding hydrogens is 207 g/mol. The maximum Gasteiger partial charge on any atom is 0.316 e. The van der Waals surface area contributed by atoms with Crippen molar-refractivity contribution in [2.75, 3.05) is 0 Å². The molecule has 2 unspecified atom stereocenters. The van der Waals surface area contributed by atoms with Gasteiger partial charge in [0.15, 0.2) is 0 Å². The summed E-state index contributed by atoms with van der Waals surface area (Å²) in [5.74, 6) is -1.11. The molecule has 1 aromatic rings. The van der Waals surface area contributed by atoms with Crippen LogP contribution in [0.2, 0.25) is 0 Å². The molecule has 1 rings (SSSR count). The number of halogens is 1. The van der Waals surface area contributed by atoms with Gasteiger partial charge in [0.2, 0.25) is 0 Å². The molecule has 0 saturated heterocycles. The minimum atomic E-state index is -1.45. The van der Waals surface area contributed by atoms with Gasteiger partial charge in [0.25, 0.3) is 0 Å². The fourth-order valence-electron chi connectivity index (χ4n) is 1.76.